The fourth-order valence-corrected chi connectivity index (χ4v) is 2.73. The second-order valence-corrected chi connectivity index (χ2v) is 6.01. The van der Waals surface area contributed by atoms with Gasteiger partial charge in [0.15, 0.2) is 0 Å². The Bertz CT molecular complexity index is 360. The van der Waals surface area contributed by atoms with Gasteiger partial charge in [0.05, 0.1) is 6.61 Å². The van der Waals surface area contributed by atoms with E-state index in [2.05, 4.69) is 57.3 Å². The van der Waals surface area contributed by atoms with Gasteiger partial charge in [-0.05, 0) is 43.0 Å². The molecule has 0 spiro atoms. The van der Waals surface area contributed by atoms with Crippen LogP contribution >= 0.6 is 0 Å². The van der Waals surface area contributed by atoms with Crippen molar-refractivity contribution in [3.63, 3.8) is 0 Å². The lowest BCUT2D eigenvalue weighted by atomic mass is 9.93. The maximum atomic E-state index is 5.74. The van der Waals surface area contributed by atoms with E-state index in [0.29, 0.717) is 6.04 Å². The summed E-state index contributed by atoms with van der Waals surface area (Å²) in [6, 6.07) is 9.11. The van der Waals surface area contributed by atoms with Gasteiger partial charge in [0.2, 0.25) is 0 Å². The van der Waals surface area contributed by atoms with Crippen LogP contribution in [0.1, 0.15) is 71.4 Å². The van der Waals surface area contributed by atoms with Gasteiger partial charge in [-0.1, -0.05) is 59.1 Å². The molecule has 1 aromatic carbocycles. The van der Waals surface area contributed by atoms with E-state index in [0.717, 1.165) is 31.2 Å². The van der Waals surface area contributed by atoms with E-state index in [9.17, 15) is 0 Å². The van der Waals surface area contributed by atoms with E-state index in [1.165, 1.54) is 31.2 Å². The molecule has 2 unspecified atom stereocenters. The minimum absolute atomic E-state index is 0.459. The van der Waals surface area contributed by atoms with Gasteiger partial charge in [0.1, 0.15) is 5.75 Å². The molecule has 2 atom stereocenters. The van der Waals surface area contributed by atoms with Crippen LogP contribution in [0.3, 0.4) is 0 Å². The molecule has 21 heavy (non-hydrogen) atoms. The first kappa shape index (κ1) is 18.0. The van der Waals surface area contributed by atoms with E-state index < -0.39 is 0 Å². The smallest absolute Gasteiger partial charge is 0.119 e. The molecule has 2 heteroatoms. The third-order valence-corrected chi connectivity index (χ3v) is 3.92. The van der Waals surface area contributed by atoms with Gasteiger partial charge >= 0.3 is 0 Å². The highest BCUT2D eigenvalue weighted by atomic mass is 16.5. The van der Waals surface area contributed by atoms with Crippen LogP contribution < -0.4 is 10.1 Å². The summed E-state index contributed by atoms with van der Waals surface area (Å²) in [4.78, 5) is 0. The number of hydrogen-bond acceptors (Lipinski definition) is 2. The Labute approximate surface area is 131 Å². The van der Waals surface area contributed by atoms with Crippen molar-refractivity contribution in [2.45, 2.75) is 65.8 Å². The summed E-state index contributed by atoms with van der Waals surface area (Å²) in [5.41, 5.74) is 1.38. The van der Waals surface area contributed by atoms with Crippen molar-refractivity contribution in [3.05, 3.63) is 29.8 Å². The van der Waals surface area contributed by atoms with Crippen molar-refractivity contribution in [3.8, 4) is 5.75 Å². The van der Waals surface area contributed by atoms with Crippen LogP contribution in [0.15, 0.2) is 24.3 Å². The van der Waals surface area contributed by atoms with Crippen molar-refractivity contribution in [2.75, 3.05) is 13.2 Å². The van der Waals surface area contributed by atoms with Crippen LogP contribution in [0.25, 0.3) is 0 Å². The molecule has 0 aliphatic carbocycles. The normalized spacial score (nSPS) is 13.9. The molecule has 0 bridgehead atoms. The van der Waals surface area contributed by atoms with Crippen molar-refractivity contribution >= 4 is 0 Å². The highest BCUT2D eigenvalue weighted by Crippen LogP contribution is 2.25. The van der Waals surface area contributed by atoms with Crippen LogP contribution in [-0.4, -0.2) is 13.2 Å². The zero-order valence-electron chi connectivity index (χ0n) is 14.3. The largest absolute Gasteiger partial charge is 0.494 e. The highest BCUT2D eigenvalue weighted by Gasteiger charge is 2.14. The molecule has 0 saturated carbocycles. The molecule has 0 heterocycles. The highest BCUT2D eigenvalue weighted by molar-refractivity contribution is 5.29. The molecule has 0 saturated heterocycles. The Morgan fingerprint density at radius 3 is 2.33 bits per heavy atom. The van der Waals surface area contributed by atoms with Crippen LogP contribution in [-0.2, 0) is 0 Å². The van der Waals surface area contributed by atoms with Gasteiger partial charge in [-0.3, -0.25) is 0 Å². The van der Waals surface area contributed by atoms with E-state index in [1.807, 2.05) is 0 Å². The zero-order chi connectivity index (χ0) is 15.5. The Hall–Kier alpha value is -1.02. The minimum Gasteiger partial charge on any atom is -0.494 e. The lowest BCUT2D eigenvalue weighted by Crippen LogP contribution is -2.22. The average molecular weight is 291 g/mol. The summed E-state index contributed by atoms with van der Waals surface area (Å²) in [7, 11) is 0. The third kappa shape index (κ3) is 6.99. The lowest BCUT2D eigenvalue weighted by Gasteiger charge is -2.22. The maximum Gasteiger partial charge on any atom is 0.119 e. The van der Waals surface area contributed by atoms with Crippen molar-refractivity contribution < 1.29 is 4.74 Å². The van der Waals surface area contributed by atoms with Gasteiger partial charge < -0.3 is 10.1 Å². The number of hydrogen-bond donors (Lipinski definition) is 1. The quantitative estimate of drug-likeness (QED) is 0.555. The Kier molecular flexibility index (Phi) is 9.16. The fourth-order valence-electron chi connectivity index (χ4n) is 2.73. The topological polar surface area (TPSA) is 21.3 Å². The van der Waals surface area contributed by atoms with E-state index in [-0.39, 0.29) is 0 Å². The molecule has 0 radical (unpaired) electrons. The van der Waals surface area contributed by atoms with Crippen LogP contribution in [0.5, 0.6) is 5.75 Å². The van der Waals surface area contributed by atoms with Crippen molar-refractivity contribution in [1.29, 1.82) is 0 Å². The molecule has 1 rings (SSSR count). The lowest BCUT2D eigenvalue weighted by molar-refractivity contribution is 0.309. The molecule has 0 fully saturated rings. The van der Waals surface area contributed by atoms with Crippen LogP contribution in [0.4, 0.5) is 0 Å². The molecule has 2 nitrogen and oxygen atoms in total. The zero-order valence-corrected chi connectivity index (χ0v) is 14.3. The second-order valence-electron chi connectivity index (χ2n) is 6.01. The first-order chi connectivity index (χ1) is 10.2. The van der Waals surface area contributed by atoms with Gasteiger partial charge in [-0.2, -0.15) is 0 Å². The number of nitrogens with one attached hydrogen (secondary N) is 1. The Morgan fingerprint density at radius 1 is 1.05 bits per heavy atom. The van der Waals surface area contributed by atoms with E-state index in [1.54, 1.807) is 0 Å². The third-order valence-electron chi connectivity index (χ3n) is 3.92. The minimum atomic E-state index is 0.459. The molecule has 120 valence electrons. The molecular weight excluding hydrogens is 258 g/mol. The van der Waals surface area contributed by atoms with Crippen molar-refractivity contribution in [2.24, 2.45) is 5.92 Å². The summed E-state index contributed by atoms with van der Waals surface area (Å²) < 4.78 is 5.74. The fraction of sp³-hybridized carbons (Fsp3) is 0.684. The van der Waals surface area contributed by atoms with Gasteiger partial charge in [0.25, 0.3) is 0 Å². The summed E-state index contributed by atoms with van der Waals surface area (Å²) in [6.45, 7) is 10.8. The van der Waals surface area contributed by atoms with E-state index >= 15 is 0 Å². The molecular formula is C19H33NO. The summed E-state index contributed by atoms with van der Waals surface area (Å²) in [6.07, 6.45) is 6.08. The predicted octanol–water partition coefficient (Wildman–Crippen LogP) is 5.34. The SMILES string of the molecule is CCCCOc1ccc(C(CC(C)CCC)NCC)cc1. The Morgan fingerprint density at radius 2 is 1.76 bits per heavy atom. The summed E-state index contributed by atoms with van der Waals surface area (Å²) >= 11 is 0. The summed E-state index contributed by atoms with van der Waals surface area (Å²) in [5, 5.41) is 3.62. The van der Waals surface area contributed by atoms with Crippen LogP contribution in [0.2, 0.25) is 0 Å². The van der Waals surface area contributed by atoms with Crippen molar-refractivity contribution in [1.82, 2.24) is 5.32 Å². The van der Waals surface area contributed by atoms with Gasteiger partial charge in [-0.25, -0.2) is 0 Å². The summed E-state index contributed by atoms with van der Waals surface area (Å²) in [5.74, 6) is 1.75. The number of rotatable bonds is 11. The molecule has 0 amide bonds. The predicted molar refractivity (Wildman–Crippen MR) is 92.0 cm³/mol. The molecule has 0 aliphatic rings. The van der Waals surface area contributed by atoms with Gasteiger partial charge in [0, 0.05) is 6.04 Å². The first-order valence-electron chi connectivity index (χ1n) is 8.67. The molecule has 1 aromatic rings. The molecule has 0 aliphatic heterocycles. The number of benzene rings is 1. The number of unbranched alkanes of at least 4 members (excludes halogenated alkanes) is 1. The average Bonchev–Trinajstić information content (AvgIpc) is 2.48. The Balaban J connectivity index is 2.61. The van der Waals surface area contributed by atoms with Gasteiger partial charge in [-0.15, -0.1) is 0 Å². The molecule has 0 aromatic heterocycles. The number of ether oxygens (including phenoxy) is 1. The standard InChI is InChI=1S/C19H33NO/c1-5-8-14-21-18-12-10-17(11-13-18)19(20-7-3)15-16(4)9-6-2/h10-13,16,19-20H,5-9,14-15H2,1-4H3. The van der Waals surface area contributed by atoms with Crippen LogP contribution in [0, 0.1) is 5.92 Å². The molecule has 1 N–H and O–H groups in total. The maximum absolute atomic E-state index is 5.74. The second kappa shape index (κ2) is 10.7. The monoisotopic (exact) mass is 291 g/mol. The van der Waals surface area contributed by atoms with E-state index in [4.69, 9.17) is 4.74 Å². The first-order valence-corrected chi connectivity index (χ1v) is 8.67.